The molecule has 1 N–H and O–H groups in total. The highest BCUT2D eigenvalue weighted by Crippen LogP contribution is 2.16. The Morgan fingerprint density at radius 3 is 3.00 bits per heavy atom. The predicted octanol–water partition coefficient (Wildman–Crippen LogP) is 0.746. The fourth-order valence-electron chi connectivity index (χ4n) is 2.26. The molecule has 0 bridgehead atoms. The Balaban J connectivity index is 2.07. The number of nitrogens with one attached hydrogen (secondary N) is 1. The molecule has 18 heavy (non-hydrogen) atoms. The number of aryl methyl sites for hydroxylation is 1. The van der Waals surface area contributed by atoms with E-state index in [2.05, 4.69) is 26.2 Å². The van der Waals surface area contributed by atoms with Crippen molar-refractivity contribution in [3.63, 3.8) is 0 Å². The second-order valence-corrected chi connectivity index (χ2v) is 6.30. The minimum atomic E-state index is -3.51. The van der Waals surface area contributed by atoms with Gasteiger partial charge in [0.05, 0.1) is 0 Å². The molecule has 1 saturated heterocycles. The molecule has 0 spiro atoms. The molecule has 6 nitrogen and oxygen atoms in total. The predicted molar refractivity (Wildman–Crippen MR) is 66.7 cm³/mol. The summed E-state index contributed by atoms with van der Waals surface area (Å²) < 4.78 is 31.7. The van der Waals surface area contributed by atoms with E-state index in [9.17, 15) is 8.42 Å². The Morgan fingerprint density at radius 1 is 1.61 bits per heavy atom. The van der Waals surface area contributed by atoms with Crippen LogP contribution in [0.4, 0.5) is 0 Å². The number of likely N-dealkylation sites (N-methyl/N-ethyl adjacent to an activating group) is 1. The van der Waals surface area contributed by atoms with E-state index < -0.39 is 10.0 Å². The Kier molecular flexibility index (Phi) is 4.04. The summed E-state index contributed by atoms with van der Waals surface area (Å²) in [6.07, 6.45) is 3.07. The SMILES string of the molecule is CCN1CCC[C@H](NS(=O)(=O)c2conc2C)C1. The van der Waals surface area contributed by atoms with E-state index in [4.69, 9.17) is 0 Å². The van der Waals surface area contributed by atoms with Crippen LogP contribution >= 0.6 is 0 Å². The fraction of sp³-hybridized carbons (Fsp3) is 0.727. The van der Waals surface area contributed by atoms with Crippen molar-refractivity contribution < 1.29 is 12.9 Å². The summed E-state index contributed by atoms with van der Waals surface area (Å²) >= 11 is 0. The minimum Gasteiger partial charge on any atom is -0.363 e. The zero-order valence-electron chi connectivity index (χ0n) is 10.7. The first kappa shape index (κ1) is 13.5. The van der Waals surface area contributed by atoms with Gasteiger partial charge in [-0.3, -0.25) is 0 Å². The molecule has 1 aliphatic heterocycles. The van der Waals surface area contributed by atoms with Crippen LogP contribution in [0.25, 0.3) is 0 Å². The summed E-state index contributed by atoms with van der Waals surface area (Å²) in [5.74, 6) is 0. The molecule has 102 valence electrons. The van der Waals surface area contributed by atoms with Crippen molar-refractivity contribution >= 4 is 10.0 Å². The van der Waals surface area contributed by atoms with Crippen LogP contribution < -0.4 is 4.72 Å². The van der Waals surface area contributed by atoms with E-state index in [1.807, 2.05) is 0 Å². The number of nitrogens with zero attached hydrogens (tertiary/aromatic N) is 2. The fourth-order valence-corrected chi connectivity index (χ4v) is 3.62. The van der Waals surface area contributed by atoms with Crippen LogP contribution in [-0.2, 0) is 10.0 Å². The van der Waals surface area contributed by atoms with E-state index in [1.165, 1.54) is 6.26 Å². The van der Waals surface area contributed by atoms with Crippen molar-refractivity contribution in [1.29, 1.82) is 0 Å². The highest BCUT2D eigenvalue weighted by atomic mass is 32.2. The lowest BCUT2D eigenvalue weighted by molar-refractivity contribution is 0.211. The standard InChI is InChI=1S/C11H19N3O3S/c1-3-14-6-4-5-10(7-14)13-18(15,16)11-8-17-12-9(11)2/h8,10,13H,3-7H2,1-2H3/t10-/m0/s1. The van der Waals surface area contributed by atoms with Gasteiger partial charge in [-0.05, 0) is 32.9 Å². The lowest BCUT2D eigenvalue weighted by Gasteiger charge is -2.31. The largest absolute Gasteiger partial charge is 0.363 e. The molecule has 0 aromatic carbocycles. The van der Waals surface area contributed by atoms with E-state index >= 15 is 0 Å². The number of likely N-dealkylation sites (tertiary alicyclic amines) is 1. The second-order valence-electron chi connectivity index (χ2n) is 4.62. The maximum atomic E-state index is 12.1. The molecule has 0 aliphatic carbocycles. The Labute approximate surface area is 107 Å². The van der Waals surface area contributed by atoms with Crippen LogP contribution in [0, 0.1) is 6.92 Å². The monoisotopic (exact) mass is 273 g/mol. The maximum absolute atomic E-state index is 12.1. The highest BCUT2D eigenvalue weighted by molar-refractivity contribution is 7.89. The summed E-state index contributed by atoms with van der Waals surface area (Å²) in [7, 11) is -3.51. The van der Waals surface area contributed by atoms with Gasteiger partial charge in [-0.25, -0.2) is 13.1 Å². The summed E-state index contributed by atoms with van der Waals surface area (Å²) in [5.41, 5.74) is 0.394. The van der Waals surface area contributed by atoms with Gasteiger partial charge in [-0.2, -0.15) is 0 Å². The third-order valence-corrected chi connectivity index (χ3v) is 4.88. The van der Waals surface area contributed by atoms with Crippen LogP contribution in [0.2, 0.25) is 0 Å². The molecule has 1 aliphatic rings. The highest BCUT2D eigenvalue weighted by Gasteiger charge is 2.27. The van der Waals surface area contributed by atoms with Gasteiger partial charge < -0.3 is 9.42 Å². The molecule has 2 rings (SSSR count). The minimum absolute atomic E-state index is 0.0296. The first-order valence-corrected chi connectivity index (χ1v) is 7.67. The number of sulfonamides is 1. The van der Waals surface area contributed by atoms with Gasteiger partial charge in [0.1, 0.15) is 16.9 Å². The lowest BCUT2D eigenvalue weighted by Crippen LogP contribution is -2.47. The zero-order chi connectivity index (χ0) is 13.2. The van der Waals surface area contributed by atoms with Crippen molar-refractivity contribution in [3.8, 4) is 0 Å². The summed E-state index contributed by atoms with van der Waals surface area (Å²) in [6, 6.07) is -0.0296. The van der Waals surface area contributed by atoms with Gasteiger partial charge in [0.15, 0.2) is 0 Å². The molecule has 0 radical (unpaired) electrons. The number of piperidine rings is 1. The lowest BCUT2D eigenvalue weighted by atomic mass is 10.1. The summed E-state index contributed by atoms with van der Waals surface area (Å²) in [5, 5.41) is 3.60. The zero-order valence-corrected chi connectivity index (χ0v) is 11.5. The van der Waals surface area contributed by atoms with Gasteiger partial charge in [0, 0.05) is 12.6 Å². The summed E-state index contributed by atoms with van der Waals surface area (Å²) in [4.78, 5) is 2.38. The molecule has 1 aromatic heterocycles. The smallest absolute Gasteiger partial charge is 0.245 e. The van der Waals surface area contributed by atoms with Crippen LogP contribution in [0.3, 0.4) is 0 Å². The van der Waals surface area contributed by atoms with Gasteiger partial charge in [-0.1, -0.05) is 12.1 Å². The topological polar surface area (TPSA) is 75.4 Å². The Bertz CT molecular complexity index is 497. The first-order chi connectivity index (χ1) is 8.53. The van der Waals surface area contributed by atoms with Crippen molar-refractivity contribution in [3.05, 3.63) is 12.0 Å². The van der Waals surface area contributed by atoms with Gasteiger partial charge in [0.2, 0.25) is 10.0 Å². The molecule has 7 heteroatoms. The van der Waals surface area contributed by atoms with Crippen LogP contribution in [0.5, 0.6) is 0 Å². The van der Waals surface area contributed by atoms with Gasteiger partial charge >= 0.3 is 0 Å². The average Bonchev–Trinajstić information content (AvgIpc) is 2.76. The van der Waals surface area contributed by atoms with Gasteiger partial charge in [0.25, 0.3) is 0 Å². The normalized spacial score (nSPS) is 22.2. The molecule has 2 heterocycles. The molecular weight excluding hydrogens is 254 g/mol. The van der Waals surface area contributed by atoms with E-state index in [1.54, 1.807) is 6.92 Å². The third-order valence-electron chi connectivity index (χ3n) is 3.27. The molecule has 0 amide bonds. The summed E-state index contributed by atoms with van der Waals surface area (Å²) in [6.45, 7) is 6.46. The number of aromatic nitrogens is 1. The number of hydrogen-bond donors (Lipinski definition) is 1. The van der Waals surface area contributed by atoms with Crippen molar-refractivity contribution in [1.82, 2.24) is 14.8 Å². The Hall–Kier alpha value is -0.920. The van der Waals surface area contributed by atoms with Crippen LogP contribution in [-0.4, -0.2) is 44.2 Å². The van der Waals surface area contributed by atoms with Crippen LogP contribution in [0.1, 0.15) is 25.5 Å². The maximum Gasteiger partial charge on any atom is 0.245 e. The van der Waals surface area contributed by atoms with E-state index in [0.29, 0.717) is 5.69 Å². The van der Waals surface area contributed by atoms with Crippen LogP contribution in [0.15, 0.2) is 15.7 Å². The molecule has 0 saturated carbocycles. The number of rotatable bonds is 4. The van der Waals surface area contributed by atoms with Crippen molar-refractivity contribution in [2.45, 2.75) is 37.6 Å². The van der Waals surface area contributed by atoms with Crippen molar-refractivity contribution in [2.75, 3.05) is 19.6 Å². The number of hydrogen-bond acceptors (Lipinski definition) is 5. The third kappa shape index (κ3) is 2.90. The molecule has 0 unspecified atom stereocenters. The Morgan fingerprint density at radius 2 is 2.39 bits per heavy atom. The molecule has 1 aromatic rings. The molecule has 1 fully saturated rings. The molecule has 1 atom stereocenters. The van der Waals surface area contributed by atoms with E-state index in [-0.39, 0.29) is 10.9 Å². The first-order valence-electron chi connectivity index (χ1n) is 6.18. The second kappa shape index (κ2) is 5.38. The van der Waals surface area contributed by atoms with E-state index in [0.717, 1.165) is 32.5 Å². The average molecular weight is 273 g/mol. The quantitative estimate of drug-likeness (QED) is 0.876. The molecular formula is C11H19N3O3S. The van der Waals surface area contributed by atoms with Gasteiger partial charge in [-0.15, -0.1) is 0 Å². The van der Waals surface area contributed by atoms with Crippen molar-refractivity contribution in [2.24, 2.45) is 0 Å².